The molecule has 0 unspecified atom stereocenters. The van der Waals surface area contributed by atoms with Gasteiger partial charge in [0.1, 0.15) is 5.82 Å². The van der Waals surface area contributed by atoms with E-state index in [1.165, 1.54) is 38.5 Å². The highest BCUT2D eigenvalue weighted by Crippen LogP contribution is 2.39. The van der Waals surface area contributed by atoms with E-state index in [1.54, 1.807) is 0 Å². The maximum absolute atomic E-state index is 6.41. The van der Waals surface area contributed by atoms with E-state index in [0.29, 0.717) is 12.6 Å². The molecule has 1 aromatic rings. The first-order valence-corrected chi connectivity index (χ1v) is 7.78. The van der Waals surface area contributed by atoms with Crippen LogP contribution in [-0.2, 0) is 6.54 Å². The van der Waals surface area contributed by atoms with Crippen LogP contribution in [0.15, 0.2) is 12.3 Å². The molecule has 3 nitrogen and oxygen atoms in total. The summed E-state index contributed by atoms with van der Waals surface area (Å²) in [6.45, 7) is 1.59. The van der Waals surface area contributed by atoms with Gasteiger partial charge in [0, 0.05) is 25.3 Å². The van der Waals surface area contributed by atoms with Crippen molar-refractivity contribution in [2.75, 3.05) is 11.4 Å². The first-order valence-electron chi connectivity index (χ1n) is 7.40. The van der Waals surface area contributed by atoms with Gasteiger partial charge in [0.15, 0.2) is 0 Å². The van der Waals surface area contributed by atoms with Crippen molar-refractivity contribution < 1.29 is 0 Å². The predicted octanol–water partition coefficient (Wildman–Crippen LogP) is 3.35. The second-order valence-electron chi connectivity index (χ2n) is 5.80. The fourth-order valence-electron chi connectivity index (χ4n) is 3.68. The molecule has 2 aliphatic rings. The van der Waals surface area contributed by atoms with Crippen LogP contribution in [-0.4, -0.2) is 17.6 Å². The third kappa shape index (κ3) is 2.59. The summed E-state index contributed by atoms with van der Waals surface area (Å²) in [7, 11) is 0. The molecule has 0 amide bonds. The van der Waals surface area contributed by atoms with Crippen molar-refractivity contribution in [3.8, 4) is 0 Å². The van der Waals surface area contributed by atoms with E-state index in [4.69, 9.17) is 17.3 Å². The number of piperidine rings is 1. The molecule has 2 atom stereocenters. The second kappa shape index (κ2) is 5.68. The highest BCUT2D eigenvalue weighted by molar-refractivity contribution is 6.33. The lowest BCUT2D eigenvalue weighted by molar-refractivity contribution is 0.243. The van der Waals surface area contributed by atoms with E-state index in [-0.39, 0.29) is 0 Å². The molecule has 0 bridgehead atoms. The number of fused-ring (bicyclic) bond motifs is 1. The Kier molecular flexibility index (Phi) is 3.94. The molecular weight excluding hydrogens is 258 g/mol. The fourth-order valence-corrected chi connectivity index (χ4v) is 3.98. The quantitative estimate of drug-likeness (QED) is 0.903. The number of rotatable bonds is 2. The van der Waals surface area contributed by atoms with Crippen molar-refractivity contribution in [3.05, 3.63) is 22.8 Å². The Morgan fingerprint density at radius 1 is 1.26 bits per heavy atom. The van der Waals surface area contributed by atoms with Crippen LogP contribution >= 0.6 is 11.6 Å². The zero-order chi connectivity index (χ0) is 13.2. The average molecular weight is 280 g/mol. The van der Waals surface area contributed by atoms with Crippen molar-refractivity contribution in [1.82, 2.24) is 4.98 Å². The standard InChI is InChI=1S/C15H22ClN3/c16-13-8-11(9-17)10-18-15(13)19-7-3-5-12-4-1-2-6-14(12)19/h8,10,12,14H,1-7,9,17H2/t12-,14-/m1/s1. The van der Waals surface area contributed by atoms with Gasteiger partial charge < -0.3 is 10.6 Å². The number of anilines is 1. The molecule has 1 saturated carbocycles. The van der Waals surface area contributed by atoms with Crippen LogP contribution in [0.1, 0.15) is 44.1 Å². The van der Waals surface area contributed by atoms with Gasteiger partial charge in [-0.15, -0.1) is 0 Å². The fraction of sp³-hybridized carbons (Fsp3) is 0.667. The van der Waals surface area contributed by atoms with Crippen molar-refractivity contribution in [2.24, 2.45) is 11.7 Å². The number of aromatic nitrogens is 1. The van der Waals surface area contributed by atoms with E-state index in [2.05, 4.69) is 9.88 Å². The lowest BCUT2D eigenvalue weighted by Crippen LogP contribution is -2.47. The highest BCUT2D eigenvalue weighted by Gasteiger charge is 2.34. The Labute approximate surface area is 120 Å². The number of nitrogens with zero attached hydrogens (tertiary/aromatic N) is 2. The Hall–Kier alpha value is -0.800. The lowest BCUT2D eigenvalue weighted by atomic mass is 9.78. The normalized spacial score (nSPS) is 27.2. The first-order chi connectivity index (χ1) is 9.29. The molecule has 104 valence electrons. The monoisotopic (exact) mass is 279 g/mol. The molecule has 1 saturated heterocycles. The minimum absolute atomic E-state index is 0.499. The highest BCUT2D eigenvalue weighted by atomic mass is 35.5. The third-order valence-corrected chi connectivity index (χ3v) is 4.91. The number of hydrogen-bond acceptors (Lipinski definition) is 3. The van der Waals surface area contributed by atoms with E-state index < -0.39 is 0 Å². The Bertz CT molecular complexity index is 447. The van der Waals surface area contributed by atoms with Gasteiger partial charge >= 0.3 is 0 Å². The molecule has 1 aliphatic heterocycles. The summed E-state index contributed by atoms with van der Waals surface area (Å²) in [5.74, 6) is 1.81. The predicted molar refractivity (Wildman–Crippen MR) is 79.5 cm³/mol. The van der Waals surface area contributed by atoms with Gasteiger partial charge in [-0.3, -0.25) is 0 Å². The topological polar surface area (TPSA) is 42.1 Å². The molecule has 3 rings (SSSR count). The molecule has 1 aliphatic carbocycles. The van der Waals surface area contributed by atoms with Crippen LogP contribution in [0.5, 0.6) is 0 Å². The van der Waals surface area contributed by atoms with Gasteiger partial charge in [0.25, 0.3) is 0 Å². The summed E-state index contributed by atoms with van der Waals surface area (Å²) in [6.07, 6.45) is 9.91. The number of pyridine rings is 1. The maximum atomic E-state index is 6.41. The Balaban J connectivity index is 1.87. The van der Waals surface area contributed by atoms with Crippen molar-refractivity contribution in [2.45, 2.75) is 51.1 Å². The van der Waals surface area contributed by atoms with Crippen LogP contribution in [0.25, 0.3) is 0 Å². The smallest absolute Gasteiger partial charge is 0.147 e. The SMILES string of the molecule is NCc1cnc(N2CCC[C@H]3CCCC[C@H]32)c(Cl)c1. The molecule has 2 heterocycles. The summed E-state index contributed by atoms with van der Waals surface area (Å²) in [5, 5.41) is 0.758. The van der Waals surface area contributed by atoms with Crippen molar-refractivity contribution in [1.29, 1.82) is 0 Å². The molecule has 2 fully saturated rings. The van der Waals surface area contributed by atoms with E-state index in [0.717, 1.165) is 28.9 Å². The minimum Gasteiger partial charge on any atom is -0.352 e. The van der Waals surface area contributed by atoms with Gasteiger partial charge in [-0.25, -0.2) is 4.98 Å². The zero-order valence-corrected chi connectivity index (χ0v) is 12.1. The Morgan fingerprint density at radius 2 is 2.05 bits per heavy atom. The molecule has 0 aromatic carbocycles. The molecule has 0 radical (unpaired) electrons. The molecular formula is C15H22ClN3. The van der Waals surface area contributed by atoms with Gasteiger partial charge in [-0.05, 0) is 43.2 Å². The summed E-state index contributed by atoms with van der Waals surface area (Å²) in [4.78, 5) is 7.03. The molecule has 2 N–H and O–H groups in total. The van der Waals surface area contributed by atoms with Gasteiger partial charge in [0.2, 0.25) is 0 Å². The molecule has 1 aromatic heterocycles. The largest absolute Gasteiger partial charge is 0.352 e. The second-order valence-corrected chi connectivity index (χ2v) is 6.21. The number of halogens is 1. The van der Waals surface area contributed by atoms with Gasteiger partial charge in [-0.1, -0.05) is 24.4 Å². The average Bonchev–Trinajstić information content (AvgIpc) is 2.46. The first kappa shape index (κ1) is 13.2. The minimum atomic E-state index is 0.499. The Morgan fingerprint density at radius 3 is 2.84 bits per heavy atom. The van der Waals surface area contributed by atoms with E-state index in [9.17, 15) is 0 Å². The van der Waals surface area contributed by atoms with Crippen molar-refractivity contribution >= 4 is 17.4 Å². The maximum Gasteiger partial charge on any atom is 0.147 e. The lowest BCUT2D eigenvalue weighted by Gasteiger charge is -2.45. The summed E-state index contributed by atoms with van der Waals surface area (Å²) >= 11 is 6.41. The molecule has 19 heavy (non-hydrogen) atoms. The van der Waals surface area contributed by atoms with Crippen LogP contribution in [0, 0.1) is 5.92 Å². The van der Waals surface area contributed by atoms with E-state index >= 15 is 0 Å². The summed E-state index contributed by atoms with van der Waals surface area (Å²) < 4.78 is 0. The van der Waals surface area contributed by atoms with Crippen LogP contribution in [0.3, 0.4) is 0 Å². The number of nitrogens with two attached hydrogens (primary N) is 1. The molecule has 0 spiro atoms. The summed E-state index contributed by atoms with van der Waals surface area (Å²) in [5.41, 5.74) is 6.65. The van der Waals surface area contributed by atoms with Gasteiger partial charge in [-0.2, -0.15) is 0 Å². The zero-order valence-electron chi connectivity index (χ0n) is 11.3. The van der Waals surface area contributed by atoms with Crippen LogP contribution in [0.4, 0.5) is 5.82 Å². The van der Waals surface area contributed by atoms with Crippen molar-refractivity contribution in [3.63, 3.8) is 0 Å². The summed E-state index contributed by atoms with van der Waals surface area (Å²) in [6, 6.07) is 2.62. The van der Waals surface area contributed by atoms with Gasteiger partial charge in [0.05, 0.1) is 5.02 Å². The third-order valence-electron chi connectivity index (χ3n) is 4.63. The molecule has 4 heteroatoms. The number of hydrogen-bond donors (Lipinski definition) is 1. The van der Waals surface area contributed by atoms with Crippen LogP contribution < -0.4 is 10.6 Å². The van der Waals surface area contributed by atoms with E-state index in [1.807, 2.05) is 12.3 Å². The van der Waals surface area contributed by atoms with Crippen LogP contribution in [0.2, 0.25) is 5.02 Å².